The minimum absolute atomic E-state index is 0.0985. The monoisotopic (exact) mass is 447 g/mol. The molecule has 2 heterocycles. The molecule has 0 aliphatic heterocycles. The molecule has 0 radical (unpaired) electrons. The topological polar surface area (TPSA) is 125 Å². The van der Waals surface area contributed by atoms with Crippen molar-refractivity contribution in [2.45, 2.75) is 31.3 Å². The SMILES string of the molecule is CC(C)c1ccc(NC(=O)CCS(=O)(=O)c2nc3c(=O)n(C)c(=O)n(C)c3n2C)cc1. The van der Waals surface area contributed by atoms with Crippen LogP contribution in [0.1, 0.15) is 31.7 Å². The van der Waals surface area contributed by atoms with E-state index < -0.39 is 32.7 Å². The lowest BCUT2D eigenvalue weighted by molar-refractivity contribution is -0.115. The number of nitrogens with one attached hydrogen (secondary N) is 1. The second kappa shape index (κ2) is 8.14. The summed E-state index contributed by atoms with van der Waals surface area (Å²) in [7, 11) is 0.152. The van der Waals surface area contributed by atoms with Crippen molar-refractivity contribution in [2.75, 3.05) is 11.1 Å². The van der Waals surface area contributed by atoms with Gasteiger partial charge in [-0.1, -0.05) is 26.0 Å². The minimum Gasteiger partial charge on any atom is -0.326 e. The molecule has 3 aromatic rings. The fourth-order valence-electron chi connectivity index (χ4n) is 3.33. The molecule has 1 N–H and O–H groups in total. The molecule has 2 aromatic heterocycles. The highest BCUT2D eigenvalue weighted by atomic mass is 32.2. The summed E-state index contributed by atoms with van der Waals surface area (Å²) in [5.74, 6) is -0.587. The van der Waals surface area contributed by atoms with E-state index in [4.69, 9.17) is 0 Å². The molecule has 1 amide bonds. The Bertz CT molecular complexity index is 1380. The van der Waals surface area contributed by atoms with Gasteiger partial charge in [-0.25, -0.2) is 18.2 Å². The van der Waals surface area contributed by atoms with E-state index in [1.807, 2.05) is 12.1 Å². The number of amides is 1. The Morgan fingerprint density at radius 3 is 2.23 bits per heavy atom. The smallest absolute Gasteiger partial charge is 0.326 e. The Morgan fingerprint density at radius 1 is 1.03 bits per heavy atom. The van der Waals surface area contributed by atoms with Gasteiger partial charge < -0.3 is 9.88 Å². The Balaban J connectivity index is 1.82. The number of benzene rings is 1. The molecule has 10 nitrogen and oxygen atoms in total. The molecule has 0 fully saturated rings. The number of carbonyl (C=O) groups is 1. The number of hydrogen-bond acceptors (Lipinski definition) is 6. The fraction of sp³-hybridized carbons (Fsp3) is 0.400. The number of sulfone groups is 1. The van der Waals surface area contributed by atoms with E-state index in [2.05, 4.69) is 24.1 Å². The zero-order valence-electron chi connectivity index (χ0n) is 18.0. The number of anilines is 1. The van der Waals surface area contributed by atoms with Crippen molar-refractivity contribution in [2.24, 2.45) is 21.1 Å². The highest BCUT2D eigenvalue weighted by Crippen LogP contribution is 2.18. The first-order valence-electron chi connectivity index (χ1n) is 9.69. The van der Waals surface area contributed by atoms with Crippen molar-refractivity contribution >= 4 is 32.6 Å². The van der Waals surface area contributed by atoms with Gasteiger partial charge >= 0.3 is 5.69 Å². The average molecular weight is 448 g/mol. The first-order chi connectivity index (χ1) is 14.4. The van der Waals surface area contributed by atoms with Gasteiger partial charge in [0, 0.05) is 33.3 Å². The molecule has 0 saturated heterocycles. The number of imidazole rings is 1. The van der Waals surface area contributed by atoms with Crippen LogP contribution >= 0.6 is 0 Å². The summed E-state index contributed by atoms with van der Waals surface area (Å²) in [6, 6.07) is 7.34. The maximum Gasteiger partial charge on any atom is 0.332 e. The van der Waals surface area contributed by atoms with Crippen molar-refractivity contribution in [3.8, 4) is 0 Å². The maximum absolute atomic E-state index is 12.8. The van der Waals surface area contributed by atoms with Gasteiger partial charge in [-0.15, -0.1) is 0 Å². The number of nitrogens with zero attached hydrogens (tertiary/aromatic N) is 4. The van der Waals surface area contributed by atoms with E-state index >= 15 is 0 Å². The van der Waals surface area contributed by atoms with Crippen LogP contribution in [0, 0.1) is 0 Å². The van der Waals surface area contributed by atoms with Gasteiger partial charge in [0.05, 0.1) is 5.75 Å². The third-order valence-corrected chi connectivity index (χ3v) is 6.82. The highest BCUT2D eigenvalue weighted by Gasteiger charge is 2.26. The van der Waals surface area contributed by atoms with Crippen molar-refractivity contribution in [3.05, 3.63) is 50.7 Å². The Labute approximate surface area is 179 Å². The van der Waals surface area contributed by atoms with Gasteiger partial charge in [-0.2, -0.15) is 0 Å². The number of aromatic nitrogens is 4. The van der Waals surface area contributed by atoms with Crippen LogP contribution in [0.15, 0.2) is 39.0 Å². The minimum atomic E-state index is -3.99. The van der Waals surface area contributed by atoms with Gasteiger partial charge in [-0.05, 0) is 23.6 Å². The molecule has 31 heavy (non-hydrogen) atoms. The zero-order valence-corrected chi connectivity index (χ0v) is 18.9. The van der Waals surface area contributed by atoms with E-state index in [1.54, 1.807) is 12.1 Å². The lowest BCUT2D eigenvalue weighted by Gasteiger charge is -2.09. The summed E-state index contributed by atoms with van der Waals surface area (Å²) < 4.78 is 28.9. The average Bonchev–Trinajstić information content (AvgIpc) is 3.08. The molecule has 0 unspecified atom stereocenters. The first-order valence-corrected chi connectivity index (χ1v) is 11.3. The standard InChI is InChI=1S/C20H25N5O5S/c1-12(2)13-6-8-14(9-7-13)21-15(26)10-11-31(29,30)19-22-16-17(23(19)3)24(4)20(28)25(5)18(16)27/h6-9,12H,10-11H2,1-5H3,(H,21,26). The van der Waals surface area contributed by atoms with Gasteiger partial charge in [0.1, 0.15) is 0 Å². The molecular formula is C20H25N5O5S. The number of hydrogen-bond donors (Lipinski definition) is 1. The van der Waals surface area contributed by atoms with E-state index in [-0.39, 0.29) is 22.7 Å². The second-order valence-corrected chi connectivity index (χ2v) is 9.73. The molecule has 0 aliphatic rings. The summed E-state index contributed by atoms with van der Waals surface area (Å²) in [5, 5.41) is 2.31. The van der Waals surface area contributed by atoms with Gasteiger partial charge in [0.15, 0.2) is 11.2 Å². The second-order valence-electron chi connectivity index (χ2n) is 7.73. The highest BCUT2D eigenvalue weighted by molar-refractivity contribution is 7.91. The summed E-state index contributed by atoms with van der Waals surface area (Å²) >= 11 is 0. The van der Waals surface area contributed by atoms with Crippen molar-refractivity contribution < 1.29 is 13.2 Å². The molecule has 0 spiro atoms. The predicted octanol–water partition coefficient (Wildman–Crippen LogP) is 0.897. The Morgan fingerprint density at radius 2 is 1.65 bits per heavy atom. The van der Waals surface area contributed by atoms with Crippen LogP contribution in [0.2, 0.25) is 0 Å². The van der Waals surface area contributed by atoms with E-state index in [0.717, 1.165) is 14.7 Å². The van der Waals surface area contributed by atoms with E-state index in [1.165, 1.54) is 25.7 Å². The molecule has 3 rings (SSSR count). The van der Waals surface area contributed by atoms with Crippen molar-refractivity contribution in [1.29, 1.82) is 0 Å². The van der Waals surface area contributed by atoms with E-state index in [0.29, 0.717) is 11.6 Å². The van der Waals surface area contributed by atoms with Crippen LogP contribution in [0.25, 0.3) is 11.2 Å². The van der Waals surface area contributed by atoms with Crippen LogP contribution in [0.5, 0.6) is 0 Å². The molecule has 0 aliphatic carbocycles. The van der Waals surface area contributed by atoms with Gasteiger partial charge in [0.25, 0.3) is 5.56 Å². The third-order valence-electron chi connectivity index (χ3n) is 5.16. The largest absolute Gasteiger partial charge is 0.332 e. The quantitative estimate of drug-likeness (QED) is 0.598. The first kappa shape index (κ1) is 22.5. The van der Waals surface area contributed by atoms with Gasteiger partial charge in [0.2, 0.25) is 20.9 Å². The van der Waals surface area contributed by atoms with Crippen LogP contribution in [0.3, 0.4) is 0 Å². The summed E-state index contributed by atoms with van der Waals surface area (Å²) in [6.07, 6.45) is -0.283. The maximum atomic E-state index is 12.8. The van der Waals surface area contributed by atoms with Gasteiger partial charge in [-0.3, -0.25) is 18.7 Å². The summed E-state index contributed by atoms with van der Waals surface area (Å²) in [4.78, 5) is 40.7. The van der Waals surface area contributed by atoms with Crippen molar-refractivity contribution in [3.63, 3.8) is 0 Å². The zero-order chi connectivity index (χ0) is 23.1. The predicted molar refractivity (Wildman–Crippen MR) is 117 cm³/mol. The normalized spacial score (nSPS) is 11.9. The fourth-order valence-corrected chi connectivity index (χ4v) is 4.70. The molecule has 11 heteroatoms. The Hall–Kier alpha value is -3.21. The van der Waals surface area contributed by atoms with Crippen LogP contribution in [-0.2, 0) is 35.8 Å². The molecule has 0 saturated carbocycles. The summed E-state index contributed by atoms with van der Waals surface area (Å²) in [5.41, 5.74) is 0.405. The Kier molecular flexibility index (Phi) is 5.90. The van der Waals surface area contributed by atoms with Crippen LogP contribution < -0.4 is 16.6 Å². The molecule has 0 bridgehead atoms. The van der Waals surface area contributed by atoms with Crippen molar-refractivity contribution in [1.82, 2.24) is 18.7 Å². The number of fused-ring (bicyclic) bond motifs is 1. The third kappa shape index (κ3) is 4.18. The number of rotatable bonds is 6. The molecule has 1 aromatic carbocycles. The summed E-state index contributed by atoms with van der Waals surface area (Å²) in [6.45, 7) is 4.13. The number of carbonyl (C=O) groups excluding carboxylic acids is 1. The van der Waals surface area contributed by atoms with E-state index in [9.17, 15) is 22.8 Å². The lowest BCUT2D eigenvalue weighted by atomic mass is 10.0. The molecule has 166 valence electrons. The molecule has 0 atom stereocenters. The number of aryl methyl sites for hydroxylation is 2. The molecular weight excluding hydrogens is 422 g/mol. The lowest BCUT2D eigenvalue weighted by Crippen LogP contribution is -2.37. The van der Waals surface area contributed by atoms with Crippen LogP contribution in [0.4, 0.5) is 5.69 Å². The van der Waals surface area contributed by atoms with Crippen LogP contribution in [-0.4, -0.2) is 38.8 Å².